The van der Waals surface area contributed by atoms with Gasteiger partial charge in [-0.25, -0.2) is 0 Å². The van der Waals surface area contributed by atoms with Gasteiger partial charge in [-0.2, -0.15) is 0 Å². The molecule has 3 heteroatoms. The Morgan fingerprint density at radius 1 is 1.25 bits per heavy atom. The van der Waals surface area contributed by atoms with E-state index in [1.165, 1.54) is 5.56 Å². The molecule has 2 unspecified atom stereocenters. The Hall–Kier alpha value is -0.900. The van der Waals surface area contributed by atoms with Gasteiger partial charge in [0.05, 0.1) is 11.7 Å². The van der Waals surface area contributed by atoms with Gasteiger partial charge in [0, 0.05) is 19.1 Å². The molecule has 1 saturated heterocycles. The van der Waals surface area contributed by atoms with Crippen LogP contribution in [0.3, 0.4) is 0 Å². The van der Waals surface area contributed by atoms with Gasteiger partial charge in [-0.05, 0) is 32.8 Å². The standard InChI is InChI=1S/C8H11N.C7H14O2.C2H6/c1-7(9)8-5-3-2-4-6-8;1-7(2)5-6(8)3-4-9-7;1-2/h2-7H,9H2,1H3;6,8H,3-5H2,1-2H3;1-2H3. The minimum Gasteiger partial charge on any atom is -0.393 e. The third-order valence-electron chi connectivity index (χ3n) is 3.00. The summed E-state index contributed by atoms with van der Waals surface area (Å²) in [4.78, 5) is 0. The number of rotatable bonds is 1. The van der Waals surface area contributed by atoms with E-state index in [0.717, 1.165) is 12.8 Å². The Labute approximate surface area is 124 Å². The van der Waals surface area contributed by atoms with Crippen LogP contribution in [0.4, 0.5) is 0 Å². The summed E-state index contributed by atoms with van der Waals surface area (Å²) in [6.07, 6.45) is 1.42. The fraction of sp³-hybridized carbons (Fsp3) is 0.647. The number of nitrogens with two attached hydrogens (primary N) is 1. The first-order chi connectivity index (χ1) is 9.41. The van der Waals surface area contributed by atoms with E-state index in [1.54, 1.807) is 0 Å². The summed E-state index contributed by atoms with van der Waals surface area (Å²) >= 11 is 0. The number of ether oxygens (including phenoxy) is 1. The van der Waals surface area contributed by atoms with E-state index in [0.29, 0.717) is 6.61 Å². The zero-order chi connectivity index (χ0) is 15.6. The van der Waals surface area contributed by atoms with Crippen LogP contribution >= 0.6 is 0 Å². The quantitative estimate of drug-likeness (QED) is 0.826. The van der Waals surface area contributed by atoms with Crippen LogP contribution in [0.25, 0.3) is 0 Å². The molecule has 20 heavy (non-hydrogen) atoms. The van der Waals surface area contributed by atoms with Crippen LogP contribution in [0, 0.1) is 0 Å². The van der Waals surface area contributed by atoms with Gasteiger partial charge in [0.2, 0.25) is 0 Å². The van der Waals surface area contributed by atoms with Crippen LogP contribution in [0.15, 0.2) is 30.3 Å². The lowest BCUT2D eigenvalue weighted by Crippen LogP contribution is -2.36. The minimum atomic E-state index is -0.145. The smallest absolute Gasteiger partial charge is 0.0651 e. The molecule has 0 amide bonds. The highest BCUT2D eigenvalue weighted by atomic mass is 16.5. The maximum atomic E-state index is 9.16. The molecule has 1 aliphatic rings. The third kappa shape index (κ3) is 8.31. The van der Waals surface area contributed by atoms with Gasteiger partial charge in [0.1, 0.15) is 0 Å². The van der Waals surface area contributed by atoms with Crippen LogP contribution in [-0.2, 0) is 4.74 Å². The summed E-state index contributed by atoms with van der Waals surface area (Å²) in [5.74, 6) is 0. The third-order valence-corrected chi connectivity index (χ3v) is 3.00. The van der Waals surface area contributed by atoms with E-state index < -0.39 is 0 Å². The molecule has 1 fully saturated rings. The van der Waals surface area contributed by atoms with Gasteiger partial charge in [0.25, 0.3) is 0 Å². The normalized spacial score (nSPS) is 21.6. The highest BCUT2D eigenvalue weighted by Crippen LogP contribution is 2.23. The van der Waals surface area contributed by atoms with Crippen LogP contribution in [0.2, 0.25) is 0 Å². The van der Waals surface area contributed by atoms with E-state index in [9.17, 15) is 0 Å². The molecule has 3 nitrogen and oxygen atoms in total. The summed E-state index contributed by atoms with van der Waals surface area (Å²) in [5, 5.41) is 9.16. The molecule has 0 spiro atoms. The Morgan fingerprint density at radius 2 is 1.80 bits per heavy atom. The first-order valence-corrected chi connectivity index (χ1v) is 7.53. The first-order valence-electron chi connectivity index (χ1n) is 7.53. The Balaban J connectivity index is 0.000000321. The lowest BCUT2D eigenvalue weighted by molar-refractivity contribution is -0.0960. The summed E-state index contributed by atoms with van der Waals surface area (Å²) in [6.45, 7) is 10.7. The zero-order valence-corrected chi connectivity index (χ0v) is 13.6. The van der Waals surface area contributed by atoms with E-state index >= 15 is 0 Å². The van der Waals surface area contributed by atoms with Crippen molar-refractivity contribution >= 4 is 0 Å². The van der Waals surface area contributed by atoms with Crippen molar-refractivity contribution in [1.29, 1.82) is 0 Å². The molecule has 1 heterocycles. The maximum absolute atomic E-state index is 9.16. The molecule has 0 bridgehead atoms. The van der Waals surface area contributed by atoms with Gasteiger partial charge in [-0.15, -0.1) is 0 Å². The number of hydrogen-bond acceptors (Lipinski definition) is 3. The van der Waals surface area contributed by atoms with Crippen molar-refractivity contribution in [1.82, 2.24) is 0 Å². The second-order valence-electron chi connectivity index (χ2n) is 5.45. The molecule has 0 aromatic heterocycles. The molecule has 116 valence electrons. The lowest BCUT2D eigenvalue weighted by Gasteiger charge is -2.32. The zero-order valence-electron chi connectivity index (χ0n) is 13.6. The van der Waals surface area contributed by atoms with E-state index in [-0.39, 0.29) is 17.7 Å². The van der Waals surface area contributed by atoms with Crippen molar-refractivity contribution in [3.05, 3.63) is 35.9 Å². The van der Waals surface area contributed by atoms with E-state index in [4.69, 9.17) is 15.6 Å². The summed E-state index contributed by atoms with van der Waals surface area (Å²) < 4.78 is 5.38. The summed E-state index contributed by atoms with van der Waals surface area (Å²) in [5.41, 5.74) is 6.71. The van der Waals surface area contributed by atoms with Gasteiger partial charge in [0.15, 0.2) is 0 Å². The van der Waals surface area contributed by atoms with Crippen molar-refractivity contribution in [2.45, 2.75) is 65.2 Å². The largest absolute Gasteiger partial charge is 0.393 e. The van der Waals surface area contributed by atoms with Crippen molar-refractivity contribution in [2.24, 2.45) is 5.73 Å². The lowest BCUT2D eigenvalue weighted by atomic mass is 9.96. The average molecular weight is 281 g/mol. The summed E-state index contributed by atoms with van der Waals surface area (Å²) in [6, 6.07) is 10.2. The molecule has 1 aromatic rings. The first kappa shape index (κ1) is 19.1. The molecule has 1 aliphatic heterocycles. The molecular weight excluding hydrogens is 250 g/mol. The van der Waals surface area contributed by atoms with Crippen LogP contribution < -0.4 is 5.73 Å². The van der Waals surface area contributed by atoms with Crippen LogP contribution in [0.5, 0.6) is 0 Å². The Bertz CT molecular complexity index is 336. The predicted octanol–water partition coefficient (Wildman–Crippen LogP) is 3.67. The van der Waals surface area contributed by atoms with E-state index in [2.05, 4.69) is 0 Å². The van der Waals surface area contributed by atoms with Gasteiger partial charge in [-0.1, -0.05) is 44.2 Å². The molecule has 0 radical (unpaired) electrons. The van der Waals surface area contributed by atoms with Gasteiger partial charge >= 0.3 is 0 Å². The van der Waals surface area contributed by atoms with E-state index in [1.807, 2.05) is 65.0 Å². The fourth-order valence-corrected chi connectivity index (χ4v) is 1.96. The molecule has 0 aliphatic carbocycles. The molecular formula is C17H31NO2. The minimum absolute atomic E-state index is 0.0995. The van der Waals surface area contributed by atoms with Crippen molar-refractivity contribution in [2.75, 3.05) is 6.61 Å². The average Bonchev–Trinajstić information content (AvgIpc) is 2.41. The van der Waals surface area contributed by atoms with Gasteiger partial charge < -0.3 is 15.6 Å². The monoisotopic (exact) mass is 281 g/mol. The van der Waals surface area contributed by atoms with Crippen molar-refractivity contribution < 1.29 is 9.84 Å². The molecule has 3 N–H and O–H groups in total. The highest BCUT2D eigenvalue weighted by molar-refractivity contribution is 5.17. The molecule has 1 aromatic carbocycles. The van der Waals surface area contributed by atoms with Crippen LogP contribution in [-0.4, -0.2) is 23.4 Å². The Kier molecular flexibility index (Phi) is 9.47. The fourth-order valence-electron chi connectivity index (χ4n) is 1.96. The predicted molar refractivity (Wildman–Crippen MR) is 85.7 cm³/mol. The molecule has 0 saturated carbocycles. The second-order valence-corrected chi connectivity index (χ2v) is 5.45. The highest BCUT2D eigenvalue weighted by Gasteiger charge is 2.26. The molecule has 2 atom stereocenters. The molecule has 2 rings (SSSR count). The Morgan fingerprint density at radius 3 is 2.10 bits per heavy atom. The maximum Gasteiger partial charge on any atom is 0.0651 e. The number of aliphatic hydroxyl groups excluding tert-OH is 1. The second kappa shape index (κ2) is 9.92. The number of benzene rings is 1. The van der Waals surface area contributed by atoms with Gasteiger partial charge in [-0.3, -0.25) is 0 Å². The van der Waals surface area contributed by atoms with Crippen molar-refractivity contribution in [3.63, 3.8) is 0 Å². The number of aliphatic hydroxyl groups is 1. The SMILES string of the molecule is CC.CC(N)c1ccccc1.CC1(C)CC(O)CCO1. The van der Waals surface area contributed by atoms with Crippen molar-refractivity contribution in [3.8, 4) is 0 Å². The topological polar surface area (TPSA) is 55.5 Å². The summed E-state index contributed by atoms with van der Waals surface area (Å²) in [7, 11) is 0. The number of hydrogen-bond donors (Lipinski definition) is 2. The van der Waals surface area contributed by atoms with Crippen LogP contribution in [0.1, 0.15) is 59.1 Å².